The number of ether oxygens (including phenoxy) is 1. The lowest BCUT2D eigenvalue weighted by Gasteiger charge is -2.25. The SMILES string of the molecule is Cc1nc2c(c(-c3ccc4c(c3C)NCCO4)c1CC(=O)O)CCN2Cc1cccc(F)c1F. The van der Waals surface area contributed by atoms with Gasteiger partial charge in [0.25, 0.3) is 0 Å². The predicted molar refractivity (Wildman–Crippen MR) is 126 cm³/mol. The van der Waals surface area contributed by atoms with Crippen LogP contribution in [0.2, 0.25) is 0 Å². The molecule has 0 amide bonds. The average Bonchev–Trinajstić information content (AvgIpc) is 3.20. The standard InChI is InChI=1S/C26H25F2N3O3/c1-14-17(6-7-21-25(14)29-9-11-34-21)23-18-8-10-31(13-16-4-3-5-20(27)24(16)28)26(18)30-15(2)19(23)12-22(32)33/h3-7,29H,8-13H2,1-2H3,(H,32,33). The van der Waals surface area contributed by atoms with E-state index in [-0.39, 0.29) is 18.5 Å². The maximum atomic E-state index is 14.4. The third-order valence-electron chi connectivity index (χ3n) is 6.59. The summed E-state index contributed by atoms with van der Waals surface area (Å²) >= 11 is 0. The molecule has 2 N–H and O–H groups in total. The molecule has 6 nitrogen and oxygen atoms in total. The Labute approximate surface area is 196 Å². The third-order valence-corrected chi connectivity index (χ3v) is 6.59. The molecule has 34 heavy (non-hydrogen) atoms. The molecule has 2 aliphatic heterocycles. The fourth-order valence-corrected chi connectivity index (χ4v) is 4.98. The molecule has 5 rings (SSSR count). The zero-order chi connectivity index (χ0) is 24.0. The van der Waals surface area contributed by atoms with Crippen molar-refractivity contribution in [2.24, 2.45) is 0 Å². The van der Waals surface area contributed by atoms with Crippen LogP contribution >= 0.6 is 0 Å². The lowest BCUT2D eigenvalue weighted by atomic mass is 9.88. The molecule has 0 atom stereocenters. The summed E-state index contributed by atoms with van der Waals surface area (Å²) in [6.45, 7) is 5.84. The Morgan fingerprint density at radius 3 is 2.85 bits per heavy atom. The lowest BCUT2D eigenvalue weighted by molar-refractivity contribution is -0.136. The van der Waals surface area contributed by atoms with Crippen molar-refractivity contribution in [1.82, 2.24) is 4.98 Å². The van der Waals surface area contributed by atoms with E-state index >= 15 is 0 Å². The number of aliphatic carboxylic acids is 1. The van der Waals surface area contributed by atoms with Gasteiger partial charge >= 0.3 is 5.97 Å². The van der Waals surface area contributed by atoms with Gasteiger partial charge in [0.05, 0.1) is 12.1 Å². The van der Waals surface area contributed by atoms with E-state index in [0.717, 1.165) is 39.8 Å². The van der Waals surface area contributed by atoms with Crippen molar-refractivity contribution in [1.29, 1.82) is 0 Å². The van der Waals surface area contributed by atoms with Gasteiger partial charge in [0.15, 0.2) is 11.6 Å². The monoisotopic (exact) mass is 465 g/mol. The maximum absolute atomic E-state index is 14.4. The van der Waals surface area contributed by atoms with Gasteiger partial charge < -0.3 is 20.1 Å². The fourth-order valence-electron chi connectivity index (χ4n) is 4.98. The van der Waals surface area contributed by atoms with Gasteiger partial charge in [-0.15, -0.1) is 0 Å². The van der Waals surface area contributed by atoms with Gasteiger partial charge in [-0.1, -0.05) is 18.2 Å². The van der Waals surface area contributed by atoms with Crippen LogP contribution in [0.5, 0.6) is 5.75 Å². The largest absolute Gasteiger partial charge is 0.490 e. The molecule has 0 radical (unpaired) electrons. The minimum Gasteiger partial charge on any atom is -0.490 e. The highest BCUT2D eigenvalue weighted by atomic mass is 19.2. The van der Waals surface area contributed by atoms with Crippen molar-refractivity contribution in [3.63, 3.8) is 0 Å². The third kappa shape index (κ3) is 3.73. The first-order chi connectivity index (χ1) is 16.3. The lowest BCUT2D eigenvalue weighted by Crippen LogP contribution is -2.22. The van der Waals surface area contributed by atoms with Crippen LogP contribution < -0.4 is 15.0 Å². The molecule has 176 valence electrons. The number of hydrogen-bond acceptors (Lipinski definition) is 5. The number of carboxylic acids is 1. The second-order valence-electron chi connectivity index (χ2n) is 8.69. The second kappa shape index (κ2) is 8.59. The number of pyridine rings is 1. The summed E-state index contributed by atoms with van der Waals surface area (Å²) in [6.07, 6.45) is 0.475. The Morgan fingerprint density at radius 1 is 1.24 bits per heavy atom. The maximum Gasteiger partial charge on any atom is 0.307 e. The van der Waals surface area contributed by atoms with E-state index in [2.05, 4.69) is 5.32 Å². The van der Waals surface area contributed by atoms with Crippen LogP contribution in [0.25, 0.3) is 11.1 Å². The molecular formula is C26H25F2N3O3. The van der Waals surface area contributed by atoms with E-state index in [1.165, 1.54) is 6.07 Å². The number of aromatic nitrogens is 1. The van der Waals surface area contributed by atoms with Crippen LogP contribution in [0, 0.1) is 25.5 Å². The molecule has 8 heteroatoms. The first-order valence-corrected chi connectivity index (χ1v) is 11.3. The Balaban J connectivity index is 1.66. The van der Waals surface area contributed by atoms with Gasteiger partial charge in [0.2, 0.25) is 0 Å². The zero-order valence-electron chi connectivity index (χ0n) is 19.0. The number of anilines is 2. The molecule has 0 spiro atoms. The predicted octanol–water partition coefficient (Wildman–Crippen LogP) is 4.64. The number of fused-ring (bicyclic) bond motifs is 2. The average molecular weight is 466 g/mol. The summed E-state index contributed by atoms with van der Waals surface area (Å²) in [5, 5.41) is 13.0. The smallest absolute Gasteiger partial charge is 0.307 e. The first kappa shape index (κ1) is 22.1. The normalized spacial score (nSPS) is 14.3. The number of nitrogens with one attached hydrogen (secondary N) is 1. The summed E-state index contributed by atoms with van der Waals surface area (Å²) in [7, 11) is 0. The molecule has 2 aliphatic rings. The molecule has 2 aromatic carbocycles. The molecule has 3 heterocycles. The van der Waals surface area contributed by atoms with E-state index < -0.39 is 17.6 Å². The van der Waals surface area contributed by atoms with Crippen molar-refractivity contribution in [3.05, 3.63) is 69.9 Å². The number of rotatable bonds is 5. The quantitative estimate of drug-likeness (QED) is 0.572. The van der Waals surface area contributed by atoms with Gasteiger partial charge in [0, 0.05) is 36.5 Å². The van der Waals surface area contributed by atoms with E-state index in [4.69, 9.17) is 9.72 Å². The topological polar surface area (TPSA) is 74.7 Å². The minimum absolute atomic E-state index is 0.152. The second-order valence-corrected chi connectivity index (χ2v) is 8.69. The number of benzene rings is 2. The first-order valence-electron chi connectivity index (χ1n) is 11.3. The van der Waals surface area contributed by atoms with Crippen LogP contribution in [0.1, 0.15) is 27.9 Å². The van der Waals surface area contributed by atoms with Crippen LogP contribution in [0.4, 0.5) is 20.3 Å². The highest BCUT2D eigenvalue weighted by molar-refractivity contribution is 5.87. The van der Waals surface area contributed by atoms with E-state index in [1.54, 1.807) is 13.0 Å². The molecule has 1 aromatic heterocycles. The number of hydrogen-bond donors (Lipinski definition) is 2. The fraction of sp³-hybridized carbons (Fsp3) is 0.308. The molecule has 0 bridgehead atoms. The summed E-state index contributed by atoms with van der Waals surface area (Å²) < 4.78 is 33.9. The van der Waals surface area contributed by atoms with Crippen molar-refractivity contribution in [2.75, 3.05) is 29.9 Å². The Hall–Kier alpha value is -3.68. The molecule has 0 saturated carbocycles. The van der Waals surface area contributed by atoms with E-state index in [0.29, 0.717) is 43.2 Å². The number of halogens is 2. The Bertz CT molecular complexity index is 1310. The summed E-state index contributed by atoms with van der Waals surface area (Å²) in [4.78, 5) is 18.4. The number of nitrogens with zero attached hydrogens (tertiary/aromatic N) is 2. The van der Waals surface area contributed by atoms with Gasteiger partial charge in [-0.2, -0.15) is 0 Å². The highest BCUT2D eigenvalue weighted by Gasteiger charge is 2.30. The number of aryl methyl sites for hydroxylation is 1. The number of carboxylic acid groups (broad SMARTS) is 1. The number of carbonyl (C=O) groups is 1. The van der Waals surface area contributed by atoms with Gasteiger partial charge in [-0.05, 0) is 54.7 Å². The molecule has 0 unspecified atom stereocenters. The van der Waals surface area contributed by atoms with Crippen molar-refractivity contribution in [2.45, 2.75) is 33.2 Å². The van der Waals surface area contributed by atoms with Gasteiger partial charge in [-0.3, -0.25) is 4.79 Å². The van der Waals surface area contributed by atoms with Crippen LogP contribution in [0.3, 0.4) is 0 Å². The Morgan fingerprint density at radius 2 is 2.06 bits per heavy atom. The van der Waals surface area contributed by atoms with Crippen molar-refractivity contribution >= 4 is 17.5 Å². The Kier molecular flexibility index (Phi) is 5.59. The van der Waals surface area contributed by atoms with Crippen molar-refractivity contribution < 1.29 is 23.4 Å². The van der Waals surface area contributed by atoms with Gasteiger partial charge in [0.1, 0.15) is 18.2 Å². The van der Waals surface area contributed by atoms with Crippen LogP contribution in [-0.2, 0) is 24.2 Å². The molecule has 0 saturated heterocycles. The minimum atomic E-state index is -0.931. The van der Waals surface area contributed by atoms with Crippen LogP contribution in [-0.4, -0.2) is 35.8 Å². The van der Waals surface area contributed by atoms with E-state index in [9.17, 15) is 18.7 Å². The van der Waals surface area contributed by atoms with E-state index in [1.807, 2.05) is 24.0 Å². The summed E-state index contributed by atoms with van der Waals surface area (Å²) in [6, 6.07) is 8.05. The molecule has 0 aliphatic carbocycles. The van der Waals surface area contributed by atoms with Gasteiger partial charge in [-0.25, -0.2) is 13.8 Å². The molecular weight excluding hydrogens is 440 g/mol. The highest BCUT2D eigenvalue weighted by Crippen LogP contribution is 2.44. The van der Waals surface area contributed by atoms with Crippen molar-refractivity contribution in [3.8, 4) is 16.9 Å². The molecule has 3 aromatic rings. The summed E-state index contributed by atoms with van der Waals surface area (Å²) in [5.74, 6) is -1.20. The summed E-state index contributed by atoms with van der Waals surface area (Å²) in [5.41, 5.74) is 6.15. The molecule has 0 fully saturated rings. The zero-order valence-corrected chi connectivity index (χ0v) is 19.0. The van der Waals surface area contributed by atoms with Crippen LogP contribution in [0.15, 0.2) is 30.3 Å².